The third kappa shape index (κ3) is 4.58. The number of H-pyrrole nitrogens is 1. The van der Waals surface area contributed by atoms with E-state index >= 15 is 0 Å². The third-order valence-corrected chi connectivity index (χ3v) is 4.66. The van der Waals surface area contributed by atoms with Gasteiger partial charge in [-0.2, -0.15) is 0 Å². The number of aromatic nitrogens is 2. The van der Waals surface area contributed by atoms with Crippen molar-refractivity contribution in [2.45, 2.75) is 6.54 Å². The summed E-state index contributed by atoms with van der Waals surface area (Å²) in [5.41, 5.74) is -0.993. The van der Waals surface area contributed by atoms with Gasteiger partial charge in [-0.15, -0.1) is 0 Å². The first-order chi connectivity index (χ1) is 8.91. The second-order valence-corrected chi connectivity index (χ2v) is 6.69. The Bertz CT molecular complexity index is 613. The van der Waals surface area contributed by atoms with Gasteiger partial charge in [-0.1, -0.05) is 12.2 Å². The number of hydrogen-bond donors (Lipinski definition) is 1. The largest absolute Gasteiger partial charge is 0.333 e. The molecule has 0 aliphatic heterocycles. The van der Waals surface area contributed by atoms with Crippen LogP contribution in [-0.2, 0) is 20.2 Å². The van der Waals surface area contributed by atoms with Crippen molar-refractivity contribution in [3.05, 3.63) is 43.7 Å². The van der Waals surface area contributed by atoms with Crippen LogP contribution in [0.4, 0.5) is 0 Å². The molecule has 0 aliphatic carbocycles. The maximum atomic E-state index is 11.7. The molecular weight excluding hydrogens is 339 g/mol. The molecule has 1 aromatic heterocycles. The minimum Gasteiger partial charge on any atom is -0.312 e. The molecule has 0 bridgehead atoms. The fourth-order valence-electron chi connectivity index (χ4n) is 1.23. The van der Waals surface area contributed by atoms with Gasteiger partial charge in [-0.3, -0.25) is 18.9 Å². The van der Waals surface area contributed by atoms with Gasteiger partial charge in [-0.05, 0) is 15.9 Å². The number of aromatic amines is 1. The number of rotatable bonds is 6. The van der Waals surface area contributed by atoms with E-state index in [4.69, 9.17) is 9.05 Å². The molecule has 0 aliphatic rings. The van der Waals surface area contributed by atoms with Crippen LogP contribution in [0.2, 0.25) is 0 Å². The Morgan fingerprint density at radius 1 is 1.37 bits per heavy atom. The first-order valence-corrected chi connectivity index (χ1v) is 7.79. The van der Waals surface area contributed by atoms with Crippen LogP contribution in [0.3, 0.4) is 0 Å². The fraction of sp³-hybridized carbons (Fsp3) is 0.400. The second-order valence-electron chi connectivity index (χ2n) is 3.52. The predicted octanol–water partition coefficient (Wildman–Crippen LogP) is 1.34. The van der Waals surface area contributed by atoms with Crippen molar-refractivity contribution in [1.82, 2.24) is 9.55 Å². The van der Waals surface area contributed by atoms with Crippen molar-refractivity contribution in [1.29, 1.82) is 0 Å². The lowest BCUT2D eigenvalue weighted by Crippen LogP contribution is -2.29. The van der Waals surface area contributed by atoms with Crippen LogP contribution in [0.5, 0.6) is 0 Å². The molecule has 1 rings (SSSR count). The van der Waals surface area contributed by atoms with Crippen LogP contribution in [0.25, 0.3) is 0 Å². The molecular formula is C10H14BrN2O5P. The maximum Gasteiger partial charge on any atom is 0.333 e. The van der Waals surface area contributed by atoms with Crippen LogP contribution in [-0.4, -0.2) is 29.9 Å². The Labute approximate surface area is 117 Å². The summed E-state index contributed by atoms with van der Waals surface area (Å²) >= 11 is 3.03. The lowest BCUT2D eigenvalue weighted by molar-refractivity contribution is 0.279. The fourth-order valence-corrected chi connectivity index (χ4v) is 2.43. The lowest BCUT2D eigenvalue weighted by atomic mass is 10.5. The number of nitrogens with zero attached hydrogens (tertiary/aromatic N) is 1. The zero-order chi connectivity index (χ0) is 14.5. The average molecular weight is 353 g/mol. The van der Waals surface area contributed by atoms with Gasteiger partial charge in [0.25, 0.3) is 5.56 Å². The van der Waals surface area contributed by atoms with E-state index in [0.717, 1.165) is 0 Å². The van der Waals surface area contributed by atoms with Crippen molar-refractivity contribution in [2.75, 3.05) is 20.4 Å². The molecule has 0 saturated carbocycles. The molecule has 0 unspecified atom stereocenters. The summed E-state index contributed by atoms with van der Waals surface area (Å²) in [5, 5.41) is 0. The summed E-state index contributed by atoms with van der Waals surface area (Å²) in [7, 11) is -0.458. The molecule has 0 saturated heterocycles. The van der Waals surface area contributed by atoms with E-state index in [9.17, 15) is 14.2 Å². The standard InChI is InChI=1S/C10H14BrN2O5P/c1-17-19(16,18-2)6-4-3-5-13-7-8(11)9(14)12-10(13)15/h3-4,7H,5-6H2,1-2H3,(H,12,14,15)/b4-3+. The van der Waals surface area contributed by atoms with Gasteiger partial charge in [0.05, 0.1) is 10.6 Å². The molecule has 7 nitrogen and oxygen atoms in total. The van der Waals surface area contributed by atoms with Crippen LogP contribution in [0.15, 0.2) is 32.4 Å². The van der Waals surface area contributed by atoms with Gasteiger partial charge < -0.3 is 9.05 Å². The van der Waals surface area contributed by atoms with Gasteiger partial charge in [0.2, 0.25) is 0 Å². The number of nitrogens with one attached hydrogen (secondary N) is 1. The molecule has 1 heterocycles. The number of hydrogen-bond acceptors (Lipinski definition) is 5. The quantitative estimate of drug-likeness (QED) is 0.616. The van der Waals surface area contributed by atoms with E-state index < -0.39 is 18.8 Å². The first kappa shape index (κ1) is 16.1. The summed E-state index contributed by atoms with van der Waals surface area (Å²) in [6, 6.07) is 0. The minimum absolute atomic E-state index is 0.110. The average Bonchev–Trinajstić information content (AvgIpc) is 2.40. The van der Waals surface area contributed by atoms with Crippen LogP contribution in [0, 0.1) is 0 Å². The molecule has 1 aromatic rings. The molecule has 0 spiro atoms. The van der Waals surface area contributed by atoms with Crippen molar-refractivity contribution in [2.24, 2.45) is 0 Å². The highest BCUT2D eigenvalue weighted by Crippen LogP contribution is 2.46. The summed E-state index contributed by atoms with van der Waals surface area (Å²) in [4.78, 5) is 24.7. The summed E-state index contributed by atoms with van der Waals surface area (Å²) < 4.78 is 22.8. The summed E-state index contributed by atoms with van der Waals surface area (Å²) in [5.74, 6) is 0. The molecule has 0 aromatic carbocycles. The topological polar surface area (TPSA) is 90.4 Å². The molecule has 106 valence electrons. The normalized spacial score (nSPS) is 12.2. The van der Waals surface area contributed by atoms with Crippen molar-refractivity contribution in [3.63, 3.8) is 0 Å². The Kier molecular flexibility index (Phi) is 5.93. The highest BCUT2D eigenvalue weighted by atomic mass is 79.9. The Balaban J connectivity index is 2.73. The smallest absolute Gasteiger partial charge is 0.312 e. The molecule has 19 heavy (non-hydrogen) atoms. The minimum atomic E-state index is -3.07. The van der Waals surface area contributed by atoms with Gasteiger partial charge >= 0.3 is 13.3 Å². The Morgan fingerprint density at radius 2 is 2.00 bits per heavy atom. The van der Waals surface area contributed by atoms with Crippen LogP contribution < -0.4 is 11.2 Å². The Hall–Kier alpha value is -0.950. The number of allylic oxidation sites excluding steroid dienone is 2. The van der Waals surface area contributed by atoms with E-state index in [0.29, 0.717) is 0 Å². The third-order valence-electron chi connectivity index (χ3n) is 2.32. The predicted molar refractivity (Wildman–Crippen MR) is 74.7 cm³/mol. The summed E-state index contributed by atoms with van der Waals surface area (Å²) in [6.07, 6.45) is 4.73. The van der Waals surface area contributed by atoms with Crippen molar-refractivity contribution >= 4 is 23.5 Å². The highest BCUT2D eigenvalue weighted by molar-refractivity contribution is 9.10. The molecule has 0 atom stereocenters. The zero-order valence-corrected chi connectivity index (χ0v) is 12.9. The van der Waals surface area contributed by atoms with Crippen LogP contribution in [0.1, 0.15) is 0 Å². The van der Waals surface area contributed by atoms with E-state index in [1.165, 1.54) is 25.0 Å². The monoisotopic (exact) mass is 352 g/mol. The van der Waals surface area contributed by atoms with Gasteiger partial charge in [-0.25, -0.2) is 4.79 Å². The van der Waals surface area contributed by atoms with Gasteiger partial charge in [0.15, 0.2) is 0 Å². The van der Waals surface area contributed by atoms with Crippen molar-refractivity contribution in [3.8, 4) is 0 Å². The maximum absolute atomic E-state index is 11.7. The van der Waals surface area contributed by atoms with Crippen LogP contribution >= 0.6 is 23.5 Å². The first-order valence-electron chi connectivity index (χ1n) is 5.26. The van der Waals surface area contributed by atoms with E-state index in [1.807, 2.05) is 0 Å². The van der Waals surface area contributed by atoms with Gasteiger partial charge in [0.1, 0.15) is 0 Å². The zero-order valence-electron chi connectivity index (χ0n) is 10.5. The number of halogens is 1. The molecule has 0 radical (unpaired) electrons. The molecule has 9 heteroatoms. The molecule has 0 amide bonds. The summed E-state index contributed by atoms with van der Waals surface area (Å²) in [6.45, 7) is 0.238. The molecule has 0 fully saturated rings. The SMILES string of the molecule is COP(=O)(C/C=C/Cn1cc(Br)c(=O)[nH]c1=O)OC. The molecule has 1 N–H and O–H groups in total. The Morgan fingerprint density at radius 3 is 2.58 bits per heavy atom. The van der Waals surface area contributed by atoms with E-state index in [2.05, 4.69) is 20.9 Å². The van der Waals surface area contributed by atoms with Gasteiger partial charge in [0, 0.05) is 27.0 Å². The highest BCUT2D eigenvalue weighted by Gasteiger charge is 2.17. The van der Waals surface area contributed by atoms with E-state index in [-0.39, 0.29) is 17.2 Å². The van der Waals surface area contributed by atoms with Crippen molar-refractivity contribution < 1.29 is 13.6 Å². The lowest BCUT2D eigenvalue weighted by Gasteiger charge is -2.10. The van der Waals surface area contributed by atoms with E-state index in [1.54, 1.807) is 12.2 Å². The second kappa shape index (κ2) is 7.00.